The quantitative estimate of drug-likeness (QED) is 0.386. The Kier molecular flexibility index (Phi) is 11.2. The zero-order valence-electron chi connectivity index (χ0n) is 20.0. The van der Waals surface area contributed by atoms with Crippen LogP contribution in [0.5, 0.6) is 0 Å². The summed E-state index contributed by atoms with van der Waals surface area (Å²) >= 11 is 1.50. The number of piperidine rings is 1. The lowest BCUT2D eigenvalue weighted by Crippen LogP contribution is -2.40. The number of thiazole rings is 1. The molecule has 0 atom stereocenters. The van der Waals surface area contributed by atoms with Crippen LogP contribution >= 0.6 is 11.3 Å². The van der Waals surface area contributed by atoms with Crippen LogP contribution in [0.25, 0.3) is 0 Å². The Labute approximate surface area is 204 Å². The summed E-state index contributed by atoms with van der Waals surface area (Å²) in [6, 6.07) is 0. The summed E-state index contributed by atoms with van der Waals surface area (Å²) in [5.41, 5.74) is 0.442. The van der Waals surface area contributed by atoms with Crippen LogP contribution in [-0.2, 0) is 23.8 Å². The number of hydrogen-bond donors (Lipinski definition) is 1. The van der Waals surface area contributed by atoms with Crippen LogP contribution in [0.2, 0.25) is 0 Å². The second-order valence-electron chi connectivity index (χ2n) is 8.48. The Balaban J connectivity index is 1.30. The van der Waals surface area contributed by atoms with Crippen molar-refractivity contribution in [2.75, 3.05) is 72.9 Å². The molecule has 3 heterocycles. The maximum atomic E-state index is 12.4. The van der Waals surface area contributed by atoms with E-state index in [-0.39, 0.29) is 30.2 Å². The predicted octanol–water partition coefficient (Wildman–Crippen LogP) is 1.27. The van der Waals surface area contributed by atoms with Crippen LogP contribution in [0, 0.1) is 0 Å². The summed E-state index contributed by atoms with van der Waals surface area (Å²) in [7, 11) is 1.62. The van der Waals surface area contributed by atoms with Crippen molar-refractivity contribution in [1.82, 2.24) is 20.1 Å². The molecule has 0 radical (unpaired) electrons. The van der Waals surface area contributed by atoms with Crippen molar-refractivity contribution >= 4 is 29.1 Å². The van der Waals surface area contributed by atoms with Gasteiger partial charge in [0.2, 0.25) is 11.8 Å². The number of aromatic nitrogens is 1. The van der Waals surface area contributed by atoms with Crippen molar-refractivity contribution in [3.63, 3.8) is 0 Å². The van der Waals surface area contributed by atoms with Gasteiger partial charge in [0.25, 0.3) is 5.91 Å². The maximum Gasteiger partial charge on any atom is 0.270 e. The van der Waals surface area contributed by atoms with Gasteiger partial charge >= 0.3 is 0 Å². The minimum atomic E-state index is -0.175. The van der Waals surface area contributed by atoms with E-state index < -0.39 is 0 Å². The van der Waals surface area contributed by atoms with Gasteiger partial charge in [0.15, 0.2) is 0 Å². The number of carbonyl (C=O) groups excluding carboxylic acids is 3. The van der Waals surface area contributed by atoms with Crippen LogP contribution in [0.3, 0.4) is 0 Å². The Bertz CT molecular complexity index is 796. The Morgan fingerprint density at radius 3 is 2.65 bits per heavy atom. The van der Waals surface area contributed by atoms with Crippen molar-refractivity contribution < 1.29 is 28.6 Å². The summed E-state index contributed by atoms with van der Waals surface area (Å²) in [4.78, 5) is 44.6. The molecule has 1 aromatic heterocycles. The van der Waals surface area contributed by atoms with Crippen LogP contribution in [0.15, 0.2) is 5.38 Å². The van der Waals surface area contributed by atoms with E-state index >= 15 is 0 Å². The molecule has 34 heavy (non-hydrogen) atoms. The van der Waals surface area contributed by atoms with Crippen LogP contribution in [-0.4, -0.2) is 105 Å². The normalized spacial score (nSPS) is 16.9. The molecule has 2 aliphatic rings. The van der Waals surface area contributed by atoms with Gasteiger partial charge in [0.1, 0.15) is 12.3 Å². The van der Waals surface area contributed by atoms with Crippen molar-refractivity contribution in [3.8, 4) is 0 Å². The molecular weight excluding hydrogens is 460 g/mol. The molecule has 2 saturated heterocycles. The first-order chi connectivity index (χ1) is 16.6. The lowest BCUT2D eigenvalue weighted by atomic mass is 9.97. The number of likely N-dealkylation sites (tertiary alicyclic amines) is 2. The first-order valence-electron chi connectivity index (χ1n) is 12.0. The Morgan fingerprint density at radius 2 is 1.91 bits per heavy atom. The number of ether oxygens (including phenoxy) is 3. The molecule has 3 rings (SSSR count). The minimum Gasteiger partial charge on any atom is -0.382 e. The maximum absolute atomic E-state index is 12.4. The van der Waals surface area contributed by atoms with Gasteiger partial charge < -0.3 is 29.3 Å². The number of methoxy groups -OCH3 is 1. The van der Waals surface area contributed by atoms with Crippen molar-refractivity contribution in [2.45, 2.75) is 38.0 Å². The third-order valence-corrected chi connectivity index (χ3v) is 7.05. The fraction of sp³-hybridized carbons (Fsp3) is 0.739. The fourth-order valence-corrected chi connectivity index (χ4v) is 5.04. The molecular formula is C23H36N4O6S. The Morgan fingerprint density at radius 1 is 1.15 bits per heavy atom. The SMILES string of the molecule is COCCOCCOCC(=O)N1CCC(c2nc(C(=O)NCCCN3CCCC3=O)cs2)CC1. The summed E-state index contributed by atoms with van der Waals surface area (Å²) < 4.78 is 15.6. The van der Waals surface area contributed by atoms with Gasteiger partial charge in [-0.1, -0.05) is 0 Å². The smallest absolute Gasteiger partial charge is 0.270 e. The van der Waals surface area contributed by atoms with Gasteiger partial charge in [-0.3, -0.25) is 14.4 Å². The largest absolute Gasteiger partial charge is 0.382 e. The molecule has 11 heteroatoms. The number of rotatable bonds is 14. The Hall–Kier alpha value is -2.08. The number of carbonyl (C=O) groups is 3. The van der Waals surface area contributed by atoms with Crippen LogP contribution in [0.4, 0.5) is 0 Å². The second kappa shape index (κ2) is 14.3. The average molecular weight is 497 g/mol. The molecule has 2 aliphatic heterocycles. The van der Waals surface area contributed by atoms with E-state index in [9.17, 15) is 14.4 Å². The lowest BCUT2D eigenvalue weighted by Gasteiger charge is -2.31. The van der Waals surface area contributed by atoms with Crippen LogP contribution < -0.4 is 5.32 Å². The van der Waals surface area contributed by atoms with Crippen LogP contribution in [0.1, 0.15) is 53.5 Å². The first-order valence-corrected chi connectivity index (χ1v) is 12.9. The van der Waals surface area contributed by atoms with Gasteiger partial charge in [0.05, 0.1) is 31.4 Å². The van der Waals surface area contributed by atoms with Gasteiger partial charge in [-0.25, -0.2) is 4.98 Å². The topological polar surface area (TPSA) is 110 Å². The third-order valence-electron chi connectivity index (χ3n) is 6.04. The lowest BCUT2D eigenvalue weighted by molar-refractivity contribution is -0.137. The van der Waals surface area contributed by atoms with Gasteiger partial charge in [-0.15, -0.1) is 11.3 Å². The van der Waals surface area contributed by atoms with E-state index in [1.807, 2.05) is 9.80 Å². The molecule has 190 valence electrons. The molecule has 1 aromatic rings. The summed E-state index contributed by atoms with van der Waals surface area (Å²) in [5.74, 6) is 0.280. The zero-order valence-corrected chi connectivity index (χ0v) is 20.8. The summed E-state index contributed by atoms with van der Waals surface area (Å²) in [5, 5.41) is 5.65. The van der Waals surface area contributed by atoms with E-state index in [4.69, 9.17) is 14.2 Å². The van der Waals surface area contributed by atoms with E-state index in [1.165, 1.54) is 11.3 Å². The monoisotopic (exact) mass is 496 g/mol. The minimum absolute atomic E-state index is 0.00909. The summed E-state index contributed by atoms with van der Waals surface area (Å²) in [6.07, 6.45) is 3.96. The molecule has 0 saturated carbocycles. The molecule has 1 N–H and O–H groups in total. The zero-order chi connectivity index (χ0) is 24.2. The van der Waals surface area contributed by atoms with E-state index in [0.29, 0.717) is 64.7 Å². The highest BCUT2D eigenvalue weighted by Crippen LogP contribution is 2.30. The third kappa shape index (κ3) is 8.30. The average Bonchev–Trinajstić information content (AvgIpc) is 3.50. The number of nitrogens with zero attached hydrogens (tertiary/aromatic N) is 3. The molecule has 0 unspecified atom stereocenters. The summed E-state index contributed by atoms with van der Waals surface area (Å²) in [6.45, 7) is 5.30. The number of nitrogens with one attached hydrogen (secondary N) is 1. The van der Waals surface area contributed by atoms with Gasteiger partial charge in [-0.2, -0.15) is 0 Å². The molecule has 0 bridgehead atoms. The van der Waals surface area contributed by atoms with E-state index in [2.05, 4.69) is 10.3 Å². The van der Waals surface area contributed by atoms with Crippen molar-refractivity contribution in [2.24, 2.45) is 0 Å². The molecule has 2 fully saturated rings. The van der Waals surface area contributed by atoms with Gasteiger partial charge in [0, 0.05) is 57.6 Å². The highest BCUT2D eigenvalue weighted by Gasteiger charge is 2.26. The number of hydrogen-bond acceptors (Lipinski definition) is 8. The predicted molar refractivity (Wildman–Crippen MR) is 127 cm³/mol. The molecule has 0 spiro atoms. The van der Waals surface area contributed by atoms with Crippen molar-refractivity contribution in [3.05, 3.63) is 16.1 Å². The van der Waals surface area contributed by atoms with Gasteiger partial charge in [-0.05, 0) is 25.7 Å². The molecule has 0 aromatic carbocycles. The second-order valence-corrected chi connectivity index (χ2v) is 9.37. The standard InChI is InChI=1S/C23H36N4O6S/c1-31-12-13-32-14-15-33-16-21(29)27-10-5-18(6-11-27)23-25-19(17-34-23)22(30)24-7-3-9-26-8-2-4-20(26)28/h17-18H,2-16H2,1H3,(H,24,30). The first kappa shape index (κ1) is 26.5. The van der Waals surface area contributed by atoms with E-state index in [0.717, 1.165) is 37.2 Å². The van der Waals surface area contributed by atoms with Crippen molar-refractivity contribution in [1.29, 1.82) is 0 Å². The fourth-order valence-electron chi connectivity index (χ4n) is 4.07. The molecule has 3 amide bonds. The number of amides is 3. The highest BCUT2D eigenvalue weighted by atomic mass is 32.1. The van der Waals surface area contributed by atoms with E-state index in [1.54, 1.807) is 12.5 Å². The molecule has 10 nitrogen and oxygen atoms in total. The highest BCUT2D eigenvalue weighted by molar-refractivity contribution is 7.09. The molecule has 0 aliphatic carbocycles.